The average molecular weight is 189 g/mol. The summed E-state index contributed by atoms with van der Waals surface area (Å²) in [4.78, 5) is 10.8. The minimum absolute atomic E-state index is 0.0458. The molecule has 0 aromatic heterocycles. The maximum Gasteiger partial charge on any atom is 0.406 e. The van der Waals surface area contributed by atoms with Crippen LogP contribution < -0.4 is 5.32 Å². The second-order valence-corrected chi connectivity index (χ2v) is 3.75. The lowest BCUT2D eigenvalue weighted by atomic mass is 9.90. The smallest absolute Gasteiger partial charge is 0.406 e. The molecule has 0 heterocycles. The molecule has 4 heteroatoms. The van der Waals surface area contributed by atoms with E-state index in [0.717, 1.165) is 6.42 Å². The lowest BCUT2D eigenvalue weighted by Crippen LogP contribution is -2.34. The largest absolute Gasteiger partial charge is 0.453 e. The van der Waals surface area contributed by atoms with Gasteiger partial charge in [-0.3, -0.25) is 0 Å². The fourth-order valence-corrected chi connectivity index (χ4v) is 0.850. The van der Waals surface area contributed by atoms with E-state index in [4.69, 9.17) is 4.74 Å². The molecule has 1 N–H and O–H groups in total. The highest BCUT2D eigenvalue weighted by atomic mass is 16.5. The summed E-state index contributed by atoms with van der Waals surface area (Å²) in [6.07, 6.45) is 0.526. The van der Waals surface area contributed by atoms with Crippen LogP contribution in [0.3, 0.4) is 0 Å². The van der Waals surface area contributed by atoms with Crippen LogP contribution in [0.2, 0.25) is 0 Å². The second kappa shape index (κ2) is 5.80. The van der Waals surface area contributed by atoms with Gasteiger partial charge in [0, 0.05) is 20.3 Å². The predicted octanol–water partition coefficient (Wildman–Crippen LogP) is 1.41. The van der Waals surface area contributed by atoms with Gasteiger partial charge < -0.3 is 14.8 Å². The molecule has 0 atom stereocenters. The zero-order chi connectivity index (χ0) is 10.3. The summed E-state index contributed by atoms with van der Waals surface area (Å²) in [5.41, 5.74) is 0.0458. The number of hydrogen-bond acceptors (Lipinski definition) is 3. The van der Waals surface area contributed by atoms with Crippen molar-refractivity contribution in [1.29, 1.82) is 0 Å². The Labute approximate surface area is 79.6 Å². The Morgan fingerprint density at radius 3 is 2.46 bits per heavy atom. The molecule has 0 spiro atoms. The molecule has 0 aromatic carbocycles. The van der Waals surface area contributed by atoms with Gasteiger partial charge in [-0.1, -0.05) is 13.8 Å². The van der Waals surface area contributed by atoms with Gasteiger partial charge in [-0.25, -0.2) is 4.79 Å². The molecular weight excluding hydrogens is 170 g/mol. The topological polar surface area (TPSA) is 47.6 Å². The number of rotatable bonds is 5. The Kier molecular flexibility index (Phi) is 5.46. The zero-order valence-corrected chi connectivity index (χ0v) is 8.85. The van der Waals surface area contributed by atoms with Crippen molar-refractivity contribution in [3.05, 3.63) is 0 Å². The fraction of sp³-hybridized carbons (Fsp3) is 0.889. The van der Waals surface area contributed by atoms with Gasteiger partial charge in [-0.15, -0.1) is 0 Å². The summed E-state index contributed by atoms with van der Waals surface area (Å²) in [5.74, 6) is 0. The highest BCUT2D eigenvalue weighted by Gasteiger charge is 2.18. The van der Waals surface area contributed by atoms with E-state index in [2.05, 4.69) is 23.9 Å². The van der Waals surface area contributed by atoms with Crippen molar-refractivity contribution in [2.75, 3.05) is 27.4 Å². The Bertz CT molecular complexity index is 157. The van der Waals surface area contributed by atoms with Crippen LogP contribution in [-0.2, 0) is 9.47 Å². The Balaban J connectivity index is 3.67. The predicted molar refractivity (Wildman–Crippen MR) is 50.7 cm³/mol. The lowest BCUT2D eigenvalue weighted by Gasteiger charge is -2.23. The zero-order valence-electron chi connectivity index (χ0n) is 8.85. The van der Waals surface area contributed by atoms with Crippen LogP contribution in [0.5, 0.6) is 0 Å². The SMILES string of the molecule is COCCC(C)(C)CNC(=O)OC. The van der Waals surface area contributed by atoms with Gasteiger partial charge in [0.25, 0.3) is 0 Å². The van der Waals surface area contributed by atoms with Crippen molar-refractivity contribution >= 4 is 6.09 Å². The molecule has 4 nitrogen and oxygen atoms in total. The van der Waals surface area contributed by atoms with Gasteiger partial charge in [0.1, 0.15) is 0 Å². The third-order valence-electron chi connectivity index (χ3n) is 1.88. The van der Waals surface area contributed by atoms with Crippen LogP contribution in [0, 0.1) is 5.41 Å². The first-order chi connectivity index (χ1) is 6.02. The van der Waals surface area contributed by atoms with E-state index in [9.17, 15) is 4.79 Å². The van der Waals surface area contributed by atoms with Gasteiger partial charge >= 0.3 is 6.09 Å². The Hall–Kier alpha value is -0.770. The number of alkyl carbamates (subject to hydrolysis) is 1. The molecule has 1 amide bonds. The standard InChI is InChI=1S/C9H19NO3/c1-9(2,5-6-12-3)7-10-8(11)13-4/h5-7H2,1-4H3,(H,10,11). The molecule has 0 aromatic rings. The number of amides is 1. The van der Waals surface area contributed by atoms with E-state index in [0.29, 0.717) is 13.2 Å². The van der Waals surface area contributed by atoms with Crippen LogP contribution in [0.1, 0.15) is 20.3 Å². The summed E-state index contributed by atoms with van der Waals surface area (Å²) in [6.45, 7) is 5.45. The maximum absolute atomic E-state index is 10.8. The molecule has 0 unspecified atom stereocenters. The molecule has 0 aliphatic heterocycles. The van der Waals surface area contributed by atoms with Gasteiger partial charge in [0.2, 0.25) is 0 Å². The van der Waals surface area contributed by atoms with E-state index in [1.807, 2.05) is 0 Å². The summed E-state index contributed by atoms with van der Waals surface area (Å²) in [5, 5.41) is 2.66. The van der Waals surface area contributed by atoms with E-state index in [1.54, 1.807) is 7.11 Å². The molecule has 0 rings (SSSR count). The molecule has 0 radical (unpaired) electrons. The number of methoxy groups -OCH3 is 2. The highest BCUT2D eigenvalue weighted by molar-refractivity contribution is 5.66. The molecular formula is C9H19NO3. The van der Waals surface area contributed by atoms with E-state index < -0.39 is 0 Å². The molecule has 0 bridgehead atoms. The van der Waals surface area contributed by atoms with E-state index >= 15 is 0 Å². The monoisotopic (exact) mass is 189 g/mol. The van der Waals surface area contributed by atoms with Crippen molar-refractivity contribution in [1.82, 2.24) is 5.32 Å². The van der Waals surface area contributed by atoms with Crippen LogP contribution in [0.25, 0.3) is 0 Å². The molecule has 0 fully saturated rings. The van der Waals surface area contributed by atoms with Gasteiger partial charge in [0.05, 0.1) is 7.11 Å². The Morgan fingerprint density at radius 2 is 2.00 bits per heavy atom. The summed E-state index contributed by atoms with van der Waals surface area (Å²) < 4.78 is 9.44. The van der Waals surface area contributed by atoms with E-state index in [1.165, 1.54) is 7.11 Å². The number of ether oxygens (including phenoxy) is 2. The molecule has 0 saturated heterocycles. The average Bonchev–Trinajstić information content (AvgIpc) is 2.11. The molecule has 0 aliphatic rings. The minimum Gasteiger partial charge on any atom is -0.453 e. The van der Waals surface area contributed by atoms with Crippen molar-refractivity contribution in [3.8, 4) is 0 Å². The Morgan fingerprint density at radius 1 is 1.38 bits per heavy atom. The van der Waals surface area contributed by atoms with Crippen LogP contribution in [0.4, 0.5) is 4.79 Å². The van der Waals surface area contributed by atoms with Crippen molar-refractivity contribution in [3.63, 3.8) is 0 Å². The minimum atomic E-state index is -0.384. The summed E-state index contributed by atoms with van der Waals surface area (Å²) >= 11 is 0. The molecule has 13 heavy (non-hydrogen) atoms. The first kappa shape index (κ1) is 12.2. The summed E-state index contributed by atoms with van der Waals surface area (Å²) in [7, 11) is 3.03. The van der Waals surface area contributed by atoms with Gasteiger partial charge in [-0.05, 0) is 11.8 Å². The van der Waals surface area contributed by atoms with Crippen molar-refractivity contribution in [2.24, 2.45) is 5.41 Å². The quantitative estimate of drug-likeness (QED) is 0.711. The van der Waals surface area contributed by atoms with Crippen LogP contribution in [-0.4, -0.2) is 33.5 Å². The third kappa shape index (κ3) is 6.40. The maximum atomic E-state index is 10.8. The van der Waals surface area contributed by atoms with Crippen molar-refractivity contribution < 1.29 is 14.3 Å². The lowest BCUT2D eigenvalue weighted by molar-refractivity contribution is 0.141. The van der Waals surface area contributed by atoms with Crippen LogP contribution in [0.15, 0.2) is 0 Å². The van der Waals surface area contributed by atoms with Gasteiger partial charge in [-0.2, -0.15) is 0 Å². The number of carbonyl (C=O) groups is 1. The first-order valence-electron chi connectivity index (χ1n) is 4.32. The summed E-state index contributed by atoms with van der Waals surface area (Å²) in [6, 6.07) is 0. The number of carbonyl (C=O) groups excluding carboxylic acids is 1. The first-order valence-corrected chi connectivity index (χ1v) is 4.32. The fourth-order valence-electron chi connectivity index (χ4n) is 0.850. The third-order valence-corrected chi connectivity index (χ3v) is 1.88. The van der Waals surface area contributed by atoms with Crippen LogP contribution >= 0.6 is 0 Å². The molecule has 78 valence electrons. The second-order valence-electron chi connectivity index (χ2n) is 3.75. The molecule has 0 saturated carbocycles. The number of nitrogens with one attached hydrogen (secondary N) is 1. The normalized spacial score (nSPS) is 11.1. The van der Waals surface area contributed by atoms with E-state index in [-0.39, 0.29) is 11.5 Å². The van der Waals surface area contributed by atoms with Crippen molar-refractivity contribution in [2.45, 2.75) is 20.3 Å². The highest BCUT2D eigenvalue weighted by Crippen LogP contribution is 2.18. The number of hydrogen-bond donors (Lipinski definition) is 1. The van der Waals surface area contributed by atoms with Gasteiger partial charge in [0.15, 0.2) is 0 Å². The molecule has 0 aliphatic carbocycles.